The minimum absolute atomic E-state index is 0.277. The van der Waals surface area contributed by atoms with Gasteiger partial charge in [-0.3, -0.25) is 4.79 Å². The summed E-state index contributed by atoms with van der Waals surface area (Å²) in [4.78, 5) is 30.7. The van der Waals surface area contributed by atoms with Gasteiger partial charge in [0.25, 0.3) is 5.91 Å². The van der Waals surface area contributed by atoms with Gasteiger partial charge < -0.3 is 15.7 Å². The number of likely N-dealkylation sites (N-methyl/N-ethyl adjacent to an activating group) is 1. The lowest BCUT2D eigenvalue weighted by Gasteiger charge is -2.13. The molecule has 0 bridgehead atoms. The Hall–Kier alpha value is -3.57. The summed E-state index contributed by atoms with van der Waals surface area (Å²) in [5, 5.41) is 10.4. The Morgan fingerprint density at radius 2 is 2.11 bits per heavy atom. The Morgan fingerprint density at radius 3 is 2.86 bits per heavy atom. The van der Waals surface area contributed by atoms with Crippen molar-refractivity contribution in [2.24, 2.45) is 0 Å². The summed E-state index contributed by atoms with van der Waals surface area (Å²) in [6, 6.07) is 7.32. The van der Waals surface area contributed by atoms with Gasteiger partial charge in [0.05, 0.1) is 11.9 Å². The number of hydrogen-bond donors (Lipinski definition) is 2. The first-order chi connectivity index (χ1) is 13.4. The van der Waals surface area contributed by atoms with E-state index in [1.54, 1.807) is 26.2 Å². The van der Waals surface area contributed by atoms with Gasteiger partial charge in [0.15, 0.2) is 17.0 Å². The molecule has 3 aromatic rings. The van der Waals surface area contributed by atoms with E-state index in [4.69, 9.17) is 5.73 Å². The van der Waals surface area contributed by atoms with E-state index in [0.29, 0.717) is 41.2 Å². The molecule has 1 aromatic carbocycles. The van der Waals surface area contributed by atoms with Crippen LogP contribution in [0.2, 0.25) is 0 Å². The third-order valence-electron chi connectivity index (χ3n) is 4.63. The number of nitrogens with zero attached hydrogens (tertiary/aromatic N) is 5. The molecular formula is C20H18N6O2. The minimum atomic E-state index is -1.63. The minimum Gasteiger partial charge on any atom is -0.382 e. The first-order valence-corrected chi connectivity index (χ1v) is 8.74. The molecule has 1 fully saturated rings. The monoisotopic (exact) mass is 374 g/mol. The van der Waals surface area contributed by atoms with Gasteiger partial charge in [0, 0.05) is 31.1 Å². The topological polar surface area (TPSA) is 118 Å². The Bertz CT molecular complexity index is 1170. The Morgan fingerprint density at radius 1 is 1.29 bits per heavy atom. The molecule has 1 amide bonds. The number of benzene rings is 1. The van der Waals surface area contributed by atoms with Gasteiger partial charge in [-0.1, -0.05) is 24.0 Å². The molecule has 0 aliphatic carbocycles. The highest BCUT2D eigenvalue weighted by Gasteiger charge is 2.42. The molecule has 1 aliphatic heterocycles. The Balaban J connectivity index is 1.70. The number of anilines is 1. The lowest BCUT2D eigenvalue weighted by Crippen LogP contribution is -2.37. The van der Waals surface area contributed by atoms with E-state index in [1.165, 1.54) is 4.90 Å². The third-order valence-corrected chi connectivity index (χ3v) is 4.63. The number of hydrogen-bond acceptors (Lipinski definition) is 7. The van der Waals surface area contributed by atoms with Crippen LogP contribution in [-0.4, -0.2) is 55.0 Å². The highest BCUT2D eigenvalue weighted by atomic mass is 16.3. The average molecular weight is 374 g/mol. The van der Waals surface area contributed by atoms with Gasteiger partial charge in [-0.05, 0) is 19.1 Å². The second-order valence-corrected chi connectivity index (χ2v) is 6.75. The first-order valence-electron chi connectivity index (χ1n) is 8.74. The van der Waals surface area contributed by atoms with Crippen molar-refractivity contribution < 1.29 is 9.90 Å². The highest BCUT2D eigenvalue weighted by molar-refractivity contribution is 5.90. The summed E-state index contributed by atoms with van der Waals surface area (Å²) in [5.74, 6) is 6.06. The largest absolute Gasteiger partial charge is 0.382 e. The molecular weight excluding hydrogens is 356 g/mol. The Kier molecular flexibility index (Phi) is 4.17. The van der Waals surface area contributed by atoms with Crippen molar-refractivity contribution in [3.05, 3.63) is 41.9 Å². The predicted octanol–water partition coefficient (Wildman–Crippen LogP) is 0.922. The number of likely N-dealkylation sites (tertiary alicyclic amines) is 1. The molecule has 2 aromatic heterocycles. The number of aromatic nitrogens is 4. The first kappa shape index (κ1) is 17.8. The van der Waals surface area contributed by atoms with Crippen LogP contribution >= 0.6 is 0 Å². The van der Waals surface area contributed by atoms with Crippen LogP contribution in [0.15, 0.2) is 30.5 Å². The maximum atomic E-state index is 12.0. The maximum absolute atomic E-state index is 12.0. The summed E-state index contributed by atoms with van der Waals surface area (Å²) in [7, 11) is 1.65. The molecule has 0 saturated carbocycles. The van der Waals surface area contributed by atoms with Crippen molar-refractivity contribution >= 4 is 22.9 Å². The second kappa shape index (κ2) is 6.55. The van der Waals surface area contributed by atoms with Crippen molar-refractivity contribution in [2.75, 3.05) is 19.3 Å². The number of nitrogens with two attached hydrogens (primary N) is 1. The molecule has 28 heavy (non-hydrogen) atoms. The molecule has 0 spiro atoms. The summed E-state index contributed by atoms with van der Waals surface area (Å²) in [5.41, 5.74) is 7.24. The molecule has 1 saturated heterocycles. The normalized spacial score (nSPS) is 19.0. The zero-order chi connectivity index (χ0) is 19.9. The Labute approximate surface area is 161 Å². The fraction of sp³-hybridized carbons (Fsp3) is 0.250. The zero-order valence-corrected chi connectivity index (χ0v) is 15.5. The smallest absolute Gasteiger partial charge is 0.267 e. The van der Waals surface area contributed by atoms with Crippen molar-refractivity contribution in [1.29, 1.82) is 0 Å². The summed E-state index contributed by atoms with van der Waals surface area (Å²) < 4.78 is 0. The zero-order valence-electron chi connectivity index (χ0n) is 15.5. The maximum Gasteiger partial charge on any atom is 0.267 e. The van der Waals surface area contributed by atoms with Crippen LogP contribution < -0.4 is 5.73 Å². The fourth-order valence-electron chi connectivity index (χ4n) is 3.08. The van der Waals surface area contributed by atoms with Gasteiger partial charge in [-0.15, -0.1) is 0 Å². The molecule has 8 heteroatoms. The number of fused-ring (bicyclic) bond motifs is 1. The van der Waals surface area contributed by atoms with Crippen LogP contribution in [0.1, 0.15) is 17.8 Å². The third kappa shape index (κ3) is 3.12. The van der Waals surface area contributed by atoms with Gasteiger partial charge in [0.2, 0.25) is 5.60 Å². The summed E-state index contributed by atoms with van der Waals surface area (Å²) in [6.07, 6.45) is 1.91. The molecule has 4 rings (SSSR count). The number of aliphatic hydroxyl groups is 1. The van der Waals surface area contributed by atoms with Crippen molar-refractivity contribution in [2.45, 2.75) is 18.9 Å². The number of aryl methyl sites for hydroxylation is 1. The molecule has 140 valence electrons. The molecule has 1 atom stereocenters. The molecule has 3 N–H and O–H groups in total. The van der Waals surface area contributed by atoms with Crippen LogP contribution in [0.25, 0.3) is 22.4 Å². The van der Waals surface area contributed by atoms with Crippen LogP contribution in [0, 0.1) is 18.8 Å². The molecule has 3 heterocycles. The second-order valence-electron chi connectivity index (χ2n) is 6.75. The average Bonchev–Trinajstić information content (AvgIpc) is 2.94. The van der Waals surface area contributed by atoms with Crippen molar-refractivity contribution in [3.63, 3.8) is 0 Å². The van der Waals surface area contributed by atoms with E-state index in [9.17, 15) is 9.90 Å². The van der Waals surface area contributed by atoms with Gasteiger partial charge in [-0.2, -0.15) is 0 Å². The number of carbonyl (C=O) groups is 1. The number of rotatable bonds is 1. The van der Waals surface area contributed by atoms with E-state index in [0.717, 1.165) is 5.56 Å². The standard InChI is InChI=1S/C20H18N6O2/c1-12-23-17(21)16-18(24-12)22-11-15(25-16)14-5-3-4-13(10-14)6-7-20(28)8-9-26(2)19(20)27/h3-5,10-11,28H,8-9H2,1-2H3,(H2,21,22,23,24)/t20-/m0/s1. The number of carbonyl (C=O) groups excluding carboxylic acids is 1. The lowest BCUT2D eigenvalue weighted by atomic mass is 10.0. The van der Waals surface area contributed by atoms with E-state index in [1.807, 2.05) is 18.2 Å². The van der Waals surface area contributed by atoms with Gasteiger partial charge in [0.1, 0.15) is 5.82 Å². The van der Waals surface area contributed by atoms with Crippen LogP contribution in [-0.2, 0) is 4.79 Å². The highest BCUT2D eigenvalue weighted by Crippen LogP contribution is 2.23. The van der Waals surface area contributed by atoms with E-state index < -0.39 is 5.60 Å². The molecule has 1 aliphatic rings. The summed E-state index contributed by atoms with van der Waals surface area (Å²) >= 11 is 0. The van der Waals surface area contributed by atoms with Gasteiger partial charge in [-0.25, -0.2) is 19.9 Å². The lowest BCUT2D eigenvalue weighted by molar-refractivity contribution is -0.137. The van der Waals surface area contributed by atoms with Crippen LogP contribution in [0.5, 0.6) is 0 Å². The number of nitrogen functional groups attached to an aromatic ring is 1. The molecule has 8 nitrogen and oxygen atoms in total. The van der Waals surface area contributed by atoms with Crippen LogP contribution in [0.3, 0.4) is 0 Å². The summed E-state index contributed by atoms with van der Waals surface area (Å²) in [6.45, 7) is 2.23. The van der Waals surface area contributed by atoms with Crippen molar-refractivity contribution in [1.82, 2.24) is 24.8 Å². The fourth-order valence-corrected chi connectivity index (χ4v) is 3.08. The van der Waals surface area contributed by atoms with Crippen LogP contribution in [0.4, 0.5) is 5.82 Å². The number of amides is 1. The van der Waals surface area contributed by atoms with E-state index >= 15 is 0 Å². The molecule has 0 radical (unpaired) electrons. The molecule has 0 unspecified atom stereocenters. The SMILES string of the molecule is Cc1nc(N)c2nc(-c3cccc(C#C[C@]4(O)CCN(C)C4=O)c3)cnc2n1. The quantitative estimate of drug-likeness (QED) is 0.608. The van der Waals surface area contributed by atoms with E-state index in [-0.39, 0.29) is 11.7 Å². The predicted molar refractivity (Wildman–Crippen MR) is 104 cm³/mol. The van der Waals surface area contributed by atoms with Crippen molar-refractivity contribution in [3.8, 4) is 23.1 Å². The van der Waals surface area contributed by atoms with E-state index in [2.05, 4.69) is 31.8 Å². The van der Waals surface area contributed by atoms with Gasteiger partial charge >= 0.3 is 0 Å².